The SMILES string of the molecule is COc1cccc(CC(=O)C2CC3CCCC(C2)S3(=O)=O)c1. The highest BCUT2D eigenvalue weighted by atomic mass is 32.2. The Hall–Kier alpha value is -1.36. The molecule has 0 aliphatic carbocycles. The Bertz CT molecular complexity index is 645. The van der Waals surface area contributed by atoms with Crippen molar-refractivity contribution in [1.29, 1.82) is 0 Å². The summed E-state index contributed by atoms with van der Waals surface area (Å²) >= 11 is 0. The van der Waals surface area contributed by atoms with Gasteiger partial charge in [-0.3, -0.25) is 4.79 Å². The van der Waals surface area contributed by atoms with Gasteiger partial charge in [0.2, 0.25) is 0 Å². The first-order valence-corrected chi connectivity index (χ1v) is 9.50. The lowest BCUT2D eigenvalue weighted by Gasteiger charge is -2.38. The van der Waals surface area contributed by atoms with Gasteiger partial charge in [0, 0.05) is 12.3 Å². The van der Waals surface area contributed by atoms with Crippen LogP contribution in [0.25, 0.3) is 0 Å². The van der Waals surface area contributed by atoms with E-state index in [1.54, 1.807) is 7.11 Å². The summed E-state index contributed by atoms with van der Waals surface area (Å²) in [6.45, 7) is 0. The van der Waals surface area contributed by atoms with Gasteiger partial charge in [0.05, 0.1) is 17.6 Å². The molecule has 0 N–H and O–H groups in total. The second-order valence-electron chi connectivity index (χ2n) is 6.43. The molecule has 0 radical (unpaired) electrons. The van der Waals surface area contributed by atoms with Gasteiger partial charge < -0.3 is 4.74 Å². The van der Waals surface area contributed by atoms with Crippen LogP contribution in [0.1, 0.15) is 37.7 Å². The summed E-state index contributed by atoms with van der Waals surface area (Å²) in [4.78, 5) is 12.6. The molecule has 2 unspecified atom stereocenters. The Morgan fingerprint density at radius 1 is 1.23 bits per heavy atom. The number of ether oxygens (including phenoxy) is 1. The normalized spacial score (nSPS) is 29.8. The standard InChI is InChI=1S/C17H22O4S/c1-21-14-5-2-4-12(8-14)9-17(18)13-10-15-6-3-7-16(11-13)22(15,19)20/h2,4-5,8,13,15-16H,3,6-7,9-11H2,1H3. The number of fused-ring (bicyclic) bond motifs is 2. The van der Waals surface area contributed by atoms with Gasteiger partial charge in [-0.25, -0.2) is 8.42 Å². The van der Waals surface area contributed by atoms with Gasteiger partial charge in [0.15, 0.2) is 9.84 Å². The molecule has 120 valence electrons. The molecule has 5 heteroatoms. The van der Waals surface area contributed by atoms with Crippen LogP contribution in [0, 0.1) is 5.92 Å². The quantitative estimate of drug-likeness (QED) is 0.855. The van der Waals surface area contributed by atoms with Crippen LogP contribution in [-0.2, 0) is 21.1 Å². The molecule has 2 heterocycles. The maximum absolute atomic E-state index is 12.6. The minimum absolute atomic E-state index is 0.106. The number of rotatable bonds is 4. The van der Waals surface area contributed by atoms with E-state index in [2.05, 4.69) is 0 Å². The van der Waals surface area contributed by atoms with Crippen molar-refractivity contribution < 1.29 is 17.9 Å². The molecule has 0 aromatic heterocycles. The van der Waals surface area contributed by atoms with Crippen LogP contribution in [0.3, 0.4) is 0 Å². The van der Waals surface area contributed by atoms with E-state index in [1.165, 1.54) is 0 Å². The van der Waals surface area contributed by atoms with Gasteiger partial charge >= 0.3 is 0 Å². The minimum Gasteiger partial charge on any atom is -0.497 e. The fourth-order valence-electron chi connectivity index (χ4n) is 3.80. The summed E-state index contributed by atoms with van der Waals surface area (Å²) in [5.41, 5.74) is 0.933. The molecule has 2 fully saturated rings. The summed E-state index contributed by atoms with van der Waals surface area (Å²) in [6, 6.07) is 7.52. The van der Waals surface area contributed by atoms with E-state index in [0.717, 1.165) is 30.6 Å². The largest absolute Gasteiger partial charge is 0.497 e. The van der Waals surface area contributed by atoms with Crippen molar-refractivity contribution in [3.05, 3.63) is 29.8 Å². The molecule has 2 aliphatic rings. The second kappa shape index (κ2) is 6.03. The van der Waals surface area contributed by atoms with Crippen LogP contribution in [0.5, 0.6) is 5.75 Å². The van der Waals surface area contributed by atoms with Crippen molar-refractivity contribution in [2.45, 2.75) is 49.0 Å². The summed E-state index contributed by atoms with van der Waals surface area (Å²) in [6.07, 6.45) is 3.82. The Kier molecular flexibility index (Phi) is 4.26. The molecule has 2 atom stereocenters. The topological polar surface area (TPSA) is 60.4 Å². The van der Waals surface area contributed by atoms with Gasteiger partial charge in [0.1, 0.15) is 11.5 Å². The number of hydrogen-bond donors (Lipinski definition) is 0. The number of methoxy groups -OCH3 is 1. The summed E-state index contributed by atoms with van der Waals surface area (Å²) < 4.78 is 29.7. The minimum atomic E-state index is -2.99. The summed E-state index contributed by atoms with van der Waals surface area (Å²) in [5, 5.41) is -0.585. The van der Waals surface area contributed by atoms with Crippen LogP contribution < -0.4 is 4.74 Å². The van der Waals surface area contributed by atoms with E-state index in [1.807, 2.05) is 24.3 Å². The van der Waals surface area contributed by atoms with Crippen molar-refractivity contribution in [3.63, 3.8) is 0 Å². The van der Waals surface area contributed by atoms with Gasteiger partial charge in [0.25, 0.3) is 0 Å². The first-order valence-electron chi connectivity index (χ1n) is 7.89. The molecule has 2 saturated heterocycles. The second-order valence-corrected chi connectivity index (χ2v) is 8.94. The molecule has 0 amide bonds. The van der Waals surface area contributed by atoms with Crippen molar-refractivity contribution in [2.24, 2.45) is 5.92 Å². The van der Waals surface area contributed by atoms with Crippen molar-refractivity contribution in [2.75, 3.05) is 7.11 Å². The fraction of sp³-hybridized carbons (Fsp3) is 0.588. The van der Waals surface area contributed by atoms with Crippen LogP contribution >= 0.6 is 0 Å². The third-order valence-corrected chi connectivity index (χ3v) is 7.76. The predicted molar refractivity (Wildman–Crippen MR) is 84.8 cm³/mol. The van der Waals surface area contributed by atoms with Crippen LogP contribution in [0.4, 0.5) is 0 Å². The van der Waals surface area contributed by atoms with E-state index in [0.29, 0.717) is 19.3 Å². The van der Waals surface area contributed by atoms with Crippen molar-refractivity contribution >= 4 is 15.6 Å². The van der Waals surface area contributed by atoms with Gasteiger partial charge in [-0.2, -0.15) is 0 Å². The molecule has 2 aliphatic heterocycles. The number of benzene rings is 1. The van der Waals surface area contributed by atoms with E-state index < -0.39 is 9.84 Å². The van der Waals surface area contributed by atoms with Gasteiger partial charge in [-0.1, -0.05) is 18.6 Å². The van der Waals surface area contributed by atoms with Gasteiger partial charge in [-0.15, -0.1) is 0 Å². The Morgan fingerprint density at radius 3 is 2.55 bits per heavy atom. The Balaban J connectivity index is 1.71. The molecular weight excluding hydrogens is 300 g/mol. The van der Waals surface area contributed by atoms with Crippen LogP contribution in [0.2, 0.25) is 0 Å². The maximum Gasteiger partial charge on any atom is 0.156 e. The highest BCUT2D eigenvalue weighted by Gasteiger charge is 2.45. The molecule has 22 heavy (non-hydrogen) atoms. The number of Topliss-reactive ketones (excluding diaryl/α,β-unsaturated/α-hetero) is 1. The van der Waals surface area contributed by atoms with E-state index in [-0.39, 0.29) is 22.2 Å². The lowest BCUT2D eigenvalue weighted by Crippen LogP contribution is -2.45. The third-order valence-electron chi connectivity index (χ3n) is 5.04. The molecule has 0 spiro atoms. The zero-order valence-electron chi connectivity index (χ0n) is 12.8. The molecule has 3 rings (SSSR count). The van der Waals surface area contributed by atoms with Crippen LogP contribution in [-0.4, -0.2) is 31.8 Å². The van der Waals surface area contributed by atoms with Crippen LogP contribution in [0.15, 0.2) is 24.3 Å². The van der Waals surface area contributed by atoms with E-state index in [9.17, 15) is 13.2 Å². The highest BCUT2D eigenvalue weighted by Crippen LogP contribution is 2.40. The molecule has 0 saturated carbocycles. The zero-order chi connectivity index (χ0) is 15.7. The first-order chi connectivity index (χ1) is 10.5. The first kappa shape index (κ1) is 15.5. The zero-order valence-corrected chi connectivity index (χ0v) is 13.6. The van der Waals surface area contributed by atoms with Gasteiger partial charge in [-0.05, 0) is 43.4 Å². The number of hydrogen-bond acceptors (Lipinski definition) is 4. The predicted octanol–water partition coefficient (Wildman–Crippen LogP) is 2.55. The lowest BCUT2D eigenvalue weighted by atomic mass is 9.85. The lowest BCUT2D eigenvalue weighted by molar-refractivity contribution is -0.122. The fourth-order valence-corrected chi connectivity index (χ4v) is 6.34. The molecule has 2 bridgehead atoms. The van der Waals surface area contributed by atoms with E-state index in [4.69, 9.17) is 4.74 Å². The number of carbonyl (C=O) groups is 1. The Labute approximate surface area is 131 Å². The number of carbonyl (C=O) groups excluding carboxylic acids is 1. The summed E-state index contributed by atoms with van der Waals surface area (Å²) in [5.74, 6) is 0.804. The maximum atomic E-state index is 12.6. The van der Waals surface area contributed by atoms with E-state index >= 15 is 0 Å². The number of sulfone groups is 1. The third kappa shape index (κ3) is 2.91. The van der Waals surface area contributed by atoms with Crippen molar-refractivity contribution in [3.8, 4) is 5.75 Å². The summed E-state index contributed by atoms with van der Waals surface area (Å²) in [7, 11) is -1.38. The molecule has 1 aromatic rings. The highest BCUT2D eigenvalue weighted by molar-refractivity contribution is 7.92. The smallest absolute Gasteiger partial charge is 0.156 e. The average Bonchev–Trinajstić information content (AvgIpc) is 2.46. The molecule has 4 nitrogen and oxygen atoms in total. The number of ketones is 1. The molecular formula is C17H22O4S. The molecule has 1 aromatic carbocycles. The monoisotopic (exact) mass is 322 g/mol. The average molecular weight is 322 g/mol. The Morgan fingerprint density at radius 2 is 1.91 bits per heavy atom. The van der Waals surface area contributed by atoms with Crippen molar-refractivity contribution in [1.82, 2.24) is 0 Å².